The summed E-state index contributed by atoms with van der Waals surface area (Å²) in [5.74, 6) is 0.849. The summed E-state index contributed by atoms with van der Waals surface area (Å²) in [5.41, 5.74) is 4.58. The molecule has 0 aliphatic carbocycles. The van der Waals surface area contributed by atoms with E-state index in [9.17, 15) is 0 Å². The quantitative estimate of drug-likeness (QED) is 0.773. The minimum atomic E-state index is 0.835. The van der Waals surface area contributed by atoms with Gasteiger partial charge in [0, 0.05) is 22.9 Å². The number of anilines is 1. The number of aromatic nitrogens is 2. The molecule has 0 fully saturated rings. The van der Waals surface area contributed by atoms with Gasteiger partial charge in [0.25, 0.3) is 0 Å². The molecule has 0 amide bonds. The molecule has 3 heteroatoms. The van der Waals surface area contributed by atoms with Gasteiger partial charge in [0.1, 0.15) is 5.69 Å². The van der Waals surface area contributed by atoms with Gasteiger partial charge in [-0.05, 0) is 26.3 Å². The summed E-state index contributed by atoms with van der Waals surface area (Å²) >= 11 is 0. The van der Waals surface area contributed by atoms with E-state index >= 15 is 0 Å². The maximum atomic E-state index is 4.47. The second-order valence-electron chi connectivity index (χ2n) is 5.29. The number of benzene rings is 2. The molecule has 0 spiro atoms. The topological polar surface area (TPSA) is 37.8 Å². The van der Waals surface area contributed by atoms with Gasteiger partial charge in [0.15, 0.2) is 5.82 Å². The molecule has 1 heterocycles. The van der Waals surface area contributed by atoms with Crippen LogP contribution in [0.1, 0.15) is 18.1 Å². The van der Waals surface area contributed by atoms with Gasteiger partial charge in [-0.2, -0.15) is 0 Å². The first-order valence-corrected chi connectivity index (χ1v) is 7.27. The second-order valence-corrected chi connectivity index (χ2v) is 5.29. The zero-order chi connectivity index (χ0) is 14.8. The van der Waals surface area contributed by atoms with Crippen molar-refractivity contribution >= 4 is 16.6 Å². The first kappa shape index (κ1) is 13.6. The van der Waals surface area contributed by atoms with Crippen LogP contribution in [0.25, 0.3) is 22.0 Å². The molecule has 1 aromatic heterocycles. The third-order valence-electron chi connectivity index (χ3n) is 3.67. The van der Waals surface area contributed by atoms with Crippen LogP contribution in [0, 0.1) is 13.8 Å². The van der Waals surface area contributed by atoms with E-state index in [1.165, 1.54) is 11.1 Å². The van der Waals surface area contributed by atoms with Crippen molar-refractivity contribution < 1.29 is 0 Å². The van der Waals surface area contributed by atoms with Gasteiger partial charge in [-0.3, -0.25) is 0 Å². The first-order chi connectivity index (χ1) is 10.2. The third kappa shape index (κ3) is 2.47. The molecule has 0 aliphatic heterocycles. The van der Waals surface area contributed by atoms with Gasteiger partial charge >= 0.3 is 0 Å². The van der Waals surface area contributed by atoms with Crippen LogP contribution < -0.4 is 5.32 Å². The van der Waals surface area contributed by atoms with Crippen molar-refractivity contribution in [3.63, 3.8) is 0 Å². The van der Waals surface area contributed by atoms with E-state index in [2.05, 4.69) is 66.6 Å². The second kappa shape index (κ2) is 5.52. The lowest BCUT2D eigenvalue weighted by molar-refractivity contribution is 1.03. The minimum Gasteiger partial charge on any atom is -0.368 e. The average Bonchev–Trinajstić information content (AvgIpc) is 2.49. The number of aryl methyl sites for hydroxylation is 2. The lowest BCUT2D eigenvalue weighted by atomic mass is 9.99. The standard InChI is InChI=1S/C18H19N3/c1-4-19-18-16-8-6-5-7-15(16)17(20-21-18)14-10-9-12(2)11-13(14)3/h5-11H,4H2,1-3H3,(H,19,21). The molecule has 106 valence electrons. The van der Waals surface area contributed by atoms with E-state index < -0.39 is 0 Å². The van der Waals surface area contributed by atoms with Crippen molar-refractivity contribution in [3.05, 3.63) is 53.6 Å². The van der Waals surface area contributed by atoms with Gasteiger partial charge in [-0.1, -0.05) is 48.0 Å². The molecule has 0 bridgehead atoms. The van der Waals surface area contributed by atoms with Crippen LogP contribution in [0.4, 0.5) is 5.82 Å². The number of hydrogen-bond donors (Lipinski definition) is 1. The van der Waals surface area contributed by atoms with Crippen LogP contribution in [-0.4, -0.2) is 16.7 Å². The Morgan fingerprint density at radius 2 is 1.71 bits per heavy atom. The molecule has 0 saturated heterocycles. The summed E-state index contributed by atoms with van der Waals surface area (Å²) in [5, 5.41) is 14.4. The Labute approximate surface area is 125 Å². The highest BCUT2D eigenvalue weighted by Gasteiger charge is 2.11. The van der Waals surface area contributed by atoms with Crippen LogP contribution in [0.5, 0.6) is 0 Å². The third-order valence-corrected chi connectivity index (χ3v) is 3.67. The summed E-state index contributed by atoms with van der Waals surface area (Å²) in [6, 6.07) is 14.7. The van der Waals surface area contributed by atoms with E-state index in [1.807, 2.05) is 12.1 Å². The average molecular weight is 277 g/mol. The van der Waals surface area contributed by atoms with Gasteiger partial charge in [0.2, 0.25) is 0 Å². The van der Waals surface area contributed by atoms with Crippen molar-refractivity contribution in [1.29, 1.82) is 0 Å². The first-order valence-electron chi connectivity index (χ1n) is 7.27. The fourth-order valence-corrected chi connectivity index (χ4v) is 2.68. The van der Waals surface area contributed by atoms with E-state index in [0.29, 0.717) is 0 Å². The number of rotatable bonds is 3. The smallest absolute Gasteiger partial charge is 0.156 e. The zero-order valence-electron chi connectivity index (χ0n) is 12.6. The SMILES string of the molecule is CCNc1nnc(-c2ccc(C)cc2C)c2ccccc12. The summed E-state index contributed by atoms with van der Waals surface area (Å²) in [7, 11) is 0. The molecule has 0 saturated carbocycles. The van der Waals surface area contributed by atoms with Gasteiger partial charge in [0.05, 0.1) is 0 Å². The predicted molar refractivity (Wildman–Crippen MR) is 88.6 cm³/mol. The highest BCUT2D eigenvalue weighted by Crippen LogP contribution is 2.31. The van der Waals surface area contributed by atoms with Crippen LogP contribution >= 0.6 is 0 Å². The van der Waals surface area contributed by atoms with Crippen LogP contribution in [0.15, 0.2) is 42.5 Å². The van der Waals surface area contributed by atoms with Gasteiger partial charge in [-0.15, -0.1) is 10.2 Å². The van der Waals surface area contributed by atoms with Crippen LogP contribution in [-0.2, 0) is 0 Å². The summed E-state index contributed by atoms with van der Waals surface area (Å²) in [6.07, 6.45) is 0. The Hall–Kier alpha value is -2.42. The van der Waals surface area contributed by atoms with Crippen molar-refractivity contribution in [2.45, 2.75) is 20.8 Å². The van der Waals surface area contributed by atoms with Crippen molar-refractivity contribution in [2.75, 3.05) is 11.9 Å². The number of nitrogens with one attached hydrogen (secondary N) is 1. The van der Waals surface area contributed by atoms with Crippen molar-refractivity contribution in [3.8, 4) is 11.3 Å². The predicted octanol–water partition coefficient (Wildman–Crippen LogP) is 4.35. The summed E-state index contributed by atoms with van der Waals surface area (Å²) in [6.45, 7) is 7.13. The molecule has 0 atom stereocenters. The van der Waals surface area contributed by atoms with E-state index in [0.717, 1.165) is 34.4 Å². The van der Waals surface area contributed by atoms with Crippen LogP contribution in [0.3, 0.4) is 0 Å². The Bertz CT molecular complexity index is 794. The zero-order valence-corrected chi connectivity index (χ0v) is 12.6. The molecule has 1 N–H and O–H groups in total. The lowest BCUT2D eigenvalue weighted by Gasteiger charge is -2.12. The Kier molecular flexibility index (Phi) is 3.57. The Morgan fingerprint density at radius 3 is 2.43 bits per heavy atom. The monoisotopic (exact) mass is 277 g/mol. The molecule has 3 rings (SSSR count). The maximum Gasteiger partial charge on any atom is 0.156 e. The van der Waals surface area contributed by atoms with E-state index in [4.69, 9.17) is 0 Å². The van der Waals surface area contributed by atoms with Gasteiger partial charge < -0.3 is 5.32 Å². The van der Waals surface area contributed by atoms with E-state index in [-0.39, 0.29) is 0 Å². The molecular formula is C18H19N3. The Morgan fingerprint density at radius 1 is 0.952 bits per heavy atom. The molecule has 0 unspecified atom stereocenters. The van der Waals surface area contributed by atoms with Gasteiger partial charge in [-0.25, -0.2) is 0 Å². The highest BCUT2D eigenvalue weighted by atomic mass is 15.2. The fraction of sp³-hybridized carbons (Fsp3) is 0.222. The molecule has 0 aliphatic rings. The largest absolute Gasteiger partial charge is 0.368 e. The van der Waals surface area contributed by atoms with Crippen molar-refractivity contribution in [1.82, 2.24) is 10.2 Å². The Balaban J connectivity index is 2.26. The molecule has 21 heavy (non-hydrogen) atoms. The molecule has 3 nitrogen and oxygen atoms in total. The van der Waals surface area contributed by atoms with Crippen molar-refractivity contribution in [2.24, 2.45) is 0 Å². The molecule has 3 aromatic rings. The minimum absolute atomic E-state index is 0.835. The molecule has 0 radical (unpaired) electrons. The number of fused-ring (bicyclic) bond motifs is 1. The lowest BCUT2D eigenvalue weighted by Crippen LogP contribution is -2.03. The molecule has 2 aromatic carbocycles. The highest BCUT2D eigenvalue weighted by molar-refractivity contribution is 6.00. The summed E-state index contributed by atoms with van der Waals surface area (Å²) < 4.78 is 0. The number of nitrogens with zero attached hydrogens (tertiary/aromatic N) is 2. The molecular weight excluding hydrogens is 258 g/mol. The maximum absolute atomic E-state index is 4.47. The van der Waals surface area contributed by atoms with E-state index in [1.54, 1.807) is 0 Å². The number of hydrogen-bond acceptors (Lipinski definition) is 3. The normalized spacial score (nSPS) is 10.8. The van der Waals surface area contributed by atoms with Crippen LogP contribution in [0.2, 0.25) is 0 Å². The summed E-state index contributed by atoms with van der Waals surface area (Å²) in [4.78, 5) is 0. The fourth-order valence-electron chi connectivity index (χ4n) is 2.68.